The van der Waals surface area contributed by atoms with Crippen molar-refractivity contribution >= 4 is 40.6 Å². The molecule has 48 heavy (non-hydrogen) atoms. The zero-order valence-corrected chi connectivity index (χ0v) is 27.4. The average molecular weight is 672 g/mol. The molecule has 1 fully saturated rings. The number of aryl methyl sites for hydroxylation is 1. The first-order chi connectivity index (χ1) is 22.7. The topological polar surface area (TPSA) is 121 Å². The molecule has 4 amide bonds. The van der Waals surface area contributed by atoms with E-state index in [-0.39, 0.29) is 49.6 Å². The van der Waals surface area contributed by atoms with Gasteiger partial charge in [0, 0.05) is 57.7 Å². The summed E-state index contributed by atoms with van der Waals surface area (Å²) in [6.07, 6.45) is 0.0662. The van der Waals surface area contributed by atoms with E-state index < -0.39 is 47.2 Å². The van der Waals surface area contributed by atoms with Crippen LogP contribution in [-0.2, 0) is 25.5 Å². The van der Waals surface area contributed by atoms with Crippen LogP contribution in [0.4, 0.5) is 28.6 Å². The number of carbonyl (C=O) groups excluding carboxylic acids is 4. The summed E-state index contributed by atoms with van der Waals surface area (Å²) in [7, 11) is 1.49. The highest BCUT2D eigenvalue weighted by atomic mass is 19.2. The maximum atomic E-state index is 14.2. The molecule has 2 aromatic carbocycles. The molecule has 4 rings (SSSR count). The van der Waals surface area contributed by atoms with E-state index in [0.717, 1.165) is 6.07 Å². The van der Waals surface area contributed by atoms with Crippen molar-refractivity contribution in [1.82, 2.24) is 19.7 Å². The fraction of sp³-hybridized carbons (Fsp3) is 0.441. The molecule has 258 valence electrons. The first-order valence-electron chi connectivity index (χ1n) is 15.6. The predicted molar refractivity (Wildman–Crippen MR) is 172 cm³/mol. The largest absolute Gasteiger partial charge is 0.447 e. The number of hydrogen-bond acceptors (Lipinski definition) is 7. The Balaban J connectivity index is 1.37. The number of carbonyl (C=O) groups is 4. The normalized spacial score (nSPS) is 14.0. The zero-order valence-electron chi connectivity index (χ0n) is 27.4. The minimum absolute atomic E-state index is 0.00994. The first kappa shape index (κ1) is 36.0. The molecular weight excluding hydrogens is 631 g/mol. The maximum Gasteiger partial charge on any atom is 0.412 e. The number of anilines is 1. The molecule has 0 spiro atoms. The molecule has 2 heterocycles. The van der Waals surface area contributed by atoms with Gasteiger partial charge < -0.3 is 24.2 Å². The third kappa shape index (κ3) is 10.1. The van der Waals surface area contributed by atoms with Crippen molar-refractivity contribution in [2.75, 3.05) is 45.2 Å². The molecule has 1 atom stereocenters. The van der Waals surface area contributed by atoms with Crippen molar-refractivity contribution in [3.05, 3.63) is 71.7 Å². The van der Waals surface area contributed by atoms with Gasteiger partial charge in [-0.05, 0) is 74.9 Å². The van der Waals surface area contributed by atoms with Crippen molar-refractivity contribution in [3.63, 3.8) is 0 Å². The molecular formula is C34H40F3N5O6. The van der Waals surface area contributed by atoms with Gasteiger partial charge in [-0.3, -0.25) is 14.9 Å². The van der Waals surface area contributed by atoms with Gasteiger partial charge in [0.15, 0.2) is 11.6 Å². The summed E-state index contributed by atoms with van der Waals surface area (Å²) >= 11 is 0. The van der Waals surface area contributed by atoms with Crippen molar-refractivity contribution in [3.8, 4) is 0 Å². The van der Waals surface area contributed by atoms with Crippen LogP contribution in [0.15, 0.2) is 48.7 Å². The van der Waals surface area contributed by atoms with Crippen LogP contribution >= 0.6 is 0 Å². The van der Waals surface area contributed by atoms with Crippen LogP contribution in [0.5, 0.6) is 0 Å². The van der Waals surface area contributed by atoms with Crippen LogP contribution in [0.1, 0.15) is 45.6 Å². The second-order valence-electron chi connectivity index (χ2n) is 12.5. The lowest BCUT2D eigenvalue weighted by Crippen LogP contribution is -2.51. The molecule has 1 aliphatic rings. The van der Waals surface area contributed by atoms with E-state index in [0.29, 0.717) is 37.0 Å². The molecule has 0 saturated carbocycles. The van der Waals surface area contributed by atoms with Crippen LogP contribution in [0.25, 0.3) is 10.8 Å². The molecule has 0 radical (unpaired) electrons. The quantitative estimate of drug-likeness (QED) is 0.301. The second kappa shape index (κ2) is 15.8. The van der Waals surface area contributed by atoms with Crippen LogP contribution in [-0.4, -0.2) is 95.2 Å². The lowest BCUT2D eigenvalue weighted by Gasteiger charge is -2.36. The third-order valence-electron chi connectivity index (χ3n) is 7.88. The molecule has 0 unspecified atom stereocenters. The summed E-state index contributed by atoms with van der Waals surface area (Å²) in [6.45, 7) is 6.26. The van der Waals surface area contributed by atoms with Gasteiger partial charge >= 0.3 is 12.2 Å². The number of nitrogens with zero attached hydrogens (tertiary/aromatic N) is 4. The number of hydrogen-bond donors (Lipinski definition) is 1. The fourth-order valence-electron chi connectivity index (χ4n) is 5.16. The SMILES string of the molecule is CN(C(=O)CCc1cccc(F)c1F)[C@@H](CCC(=O)N1CCN(C(=O)OC(C)(C)C)CC1)COC(=O)Nc1cc2cc(F)ccc2cn1. The van der Waals surface area contributed by atoms with Gasteiger partial charge in [0.25, 0.3) is 0 Å². The summed E-state index contributed by atoms with van der Waals surface area (Å²) in [5.74, 6) is -2.99. The average Bonchev–Trinajstić information content (AvgIpc) is 3.04. The summed E-state index contributed by atoms with van der Waals surface area (Å²) in [6, 6.07) is 8.64. The Morgan fingerprint density at radius 2 is 1.67 bits per heavy atom. The van der Waals surface area contributed by atoms with Gasteiger partial charge in [-0.15, -0.1) is 0 Å². The minimum Gasteiger partial charge on any atom is -0.447 e. The molecule has 3 aromatic rings. The van der Waals surface area contributed by atoms with Gasteiger partial charge in [-0.25, -0.2) is 27.7 Å². The number of amides is 4. The lowest BCUT2D eigenvalue weighted by atomic mass is 10.1. The van der Waals surface area contributed by atoms with E-state index >= 15 is 0 Å². The number of rotatable bonds is 10. The number of benzene rings is 2. The van der Waals surface area contributed by atoms with Crippen LogP contribution in [0, 0.1) is 17.5 Å². The van der Waals surface area contributed by atoms with Crippen LogP contribution < -0.4 is 5.32 Å². The van der Waals surface area contributed by atoms with Gasteiger partial charge in [-0.2, -0.15) is 0 Å². The summed E-state index contributed by atoms with van der Waals surface area (Å²) in [5.41, 5.74) is -0.592. The molecule has 11 nitrogen and oxygen atoms in total. The maximum absolute atomic E-state index is 14.2. The standard InChI is InChI=1S/C34H40F3N5O6/c1-34(2,3)48-33(46)42-16-14-41(15-17-42)30(44)13-11-26(40(4)29(43)12-9-22-6-5-7-27(36)31(22)37)21-47-32(45)39-28-19-24-18-25(35)10-8-23(24)20-38-28/h5-8,10,18-20,26H,9,11-17,21H2,1-4H3,(H,38,39,45)/t26-/m0/s1. The molecule has 1 aliphatic heterocycles. The summed E-state index contributed by atoms with van der Waals surface area (Å²) in [5, 5.41) is 3.67. The van der Waals surface area contributed by atoms with Crippen molar-refractivity contribution in [1.29, 1.82) is 0 Å². The Bertz CT molecular complexity index is 1640. The van der Waals surface area contributed by atoms with Crippen molar-refractivity contribution in [2.24, 2.45) is 0 Å². The Morgan fingerprint density at radius 1 is 0.958 bits per heavy atom. The highest BCUT2D eigenvalue weighted by Gasteiger charge is 2.29. The van der Waals surface area contributed by atoms with Gasteiger partial charge in [-0.1, -0.05) is 12.1 Å². The summed E-state index contributed by atoms with van der Waals surface area (Å²) in [4.78, 5) is 60.0. The Labute approximate surface area is 277 Å². The number of aromatic nitrogens is 1. The number of pyridine rings is 1. The van der Waals surface area contributed by atoms with E-state index in [1.165, 1.54) is 48.5 Å². The first-order valence-corrected chi connectivity index (χ1v) is 15.6. The zero-order chi connectivity index (χ0) is 35.0. The lowest BCUT2D eigenvalue weighted by molar-refractivity contribution is -0.136. The number of nitrogens with one attached hydrogen (secondary N) is 1. The van der Waals surface area contributed by atoms with Gasteiger partial charge in [0.2, 0.25) is 11.8 Å². The predicted octanol–water partition coefficient (Wildman–Crippen LogP) is 5.52. The highest BCUT2D eigenvalue weighted by Crippen LogP contribution is 2.20. The molecule has 1 N–H and O–H groups in total. The summed E-state index contributed by atoms with van der Waals surface area (Å²) < 4.78 is 52.3. The van der Waals surface area contributed by atoms with E-state index in [1.54, 1.807) is 36.6 Å². The number of halogens is 3. The van der Waals surface area contributed by atoms with E-state index in [2.05, 4.69) is 10.3 Å². The number of ether oxygens (including phenoxy) is 2. The van der Waals surface area contributed by atoms with E-state index in [9.17, 15) is 32.3 Å². The Morgan fingerprint density at radius 3 is 2.38 bits per heavy atom. The highest BCUT2D eigenvalue weighted by molar-refractivity contribution is 5.89. The second-order valence-corrected chi connectivity index (χ2v) is 12.5. The molecule has 1 saturated heterocycles. The molecule has 0 bridgehead atoms. The van der Waals surface area contributed by atoms with Gasteiger partial charge in [0.1, 0.15) is 23.8 Å². The number of likely N-dealkylation sites (N-methyl/N-ethyl adjacent to an activating group) is 1. The number of fused-ring (bicyclic) bond motifs is 1. The Hall–Kier alpha value is -4.88. The minimum atomic E-state index is -1.02. The van der Waals surface area contributed by atoms with Crippen molar-refractivity contribution in [2.45, 2.75) is 58.1 Å². The third-order valence-corrected chi connectivity index (χ3v) is 7.88. The monoisotopic (exact) mass is 671 g/mol. The molecule has 1 aromatic heterocycles. The fourth-order valence-corrected chi connectivity index (χ4v) is 5.16. The van der Waals surface area contributed by atoms with Gasteiger partial charge in [0.05, 0.1) is 6.04 Å². The van der Waals surface area contributed by atoms with Crippen LogP contribution in [0.2, 0.25) is 0 Å². The van der Waals surface area contributed by atoms with E-state index in [4.69, 9.17) is 9.47 Å². The molecule has 14 heteroatoms. The van der Waals surface area contributed by atoms with Crippen LogP contribution in [0.3, 0.4) is 0 Å². The smallest absolute Gasteiger partial charge is 0.412 e. The van der Waals surface area contributed by atoms with Crippen molar-refractivity contribution < 1.29 is 41.8 Å². The molecule has 0 aliphatic carbocycles. The Kier molecular flexibility index (Phi) is 11.8. The number of piperazine rings is 1. The van der Waals surface area contributed by atoms with E-state index in [1.807, 2.05) is 0 Å².